The summed E-state index contributed by atoms with van der Waals surface area (Å²) in [6, 6.07) is 0. The number of hydrogen-bond acceptors (Lipinski definition) is 2. The highest BCUT2D eigenvalue weighted by molar-refractivity contribution is 5.77. The number of rotatable bonds is 6. The Morgan fingerprint density at radius 1 is 1.75 bits per heavy atom. The van der Waals surface area contributed by atoms with Crippen molar-refractivity contribution in [2.24, 2.45) is 0 Å². The number of aliphatic hydroxyl groups is 1. The van der Waals surface area contributed by atoms with E-state index >= 15 is 0 Å². The number of aliphatic hydroxyl groups excluding tert-OH is 1. The summed E-state index contributed by atoms with van der Waals surface area (Å²) in [7, 11) is 0. The van der Waals surface area contributed by atoms with Gasteiger partial charge in [-0.15, -0.1) is 6.58 Å². The fourth-order valence-corrected chi connectivity index (χ4v) is 0.870. The average Bonchev–Trinajstić information content (AvgIpc) is 2.02. The van der Waals surface area contributed by atoms with Crippen molar-refractivity contribution in [1.82, 2.24) is 5.32 Å². The molecule has 0 aliphatic rings. The highest BCUT2D eigenvalue weighted by Crippen LogP contribution is 1.93. The third-order valence-corrected chi connectivity index (χ3v) is 1.49. The predicted molar refractivity (Wildman–Crippen MR) is 48.7 cm³/mol. The number of nitrogens with one attached hydrogen (secondary N) is 1. The van der Waals surface area contributed by atoms with Gasteiger partial charge in [0.2, 0.25) is 5.91 Å². The Kier molecular flexibility index (Phi) is 6.38. The Balaban J connectivity index is 3.39. The minimum Gasteiger partial charge on any atom is -0.391 e. The van der Waals surface area contributed by atoms with E-state index in [2.05, 4.69) is 11.9 Å². The summed E-state index contributed by atoms with van der Waals surface area (Å²) in [5.74, 6) is -0.0832. The lowest BCUT2D eigenvalue weighted by Crippen LogP contribution is -2.31. The van der Waals surface area contributed by atoms with E-state index in [4.69, 9.17) is 0 Å². The van der Waals surface area contributed by atoms with Crippen LogP contribution >= 0.6 is 0 Å². The molecule has 0 rings (SSSR count). The van der Waals surface area contributed by atoms with Gasteiger partial charge in [0.25, 0.3) is 0 Å². The molecule has 0 aromatic carbocycles. The van der Waals surface area contributed by atoms with Gasteiger partial charge in [-0.05, 0) is 6.42 Å². The van der Waals surface area contributed by atoms with Crippen LogP contribution in [0.4, 0.5) is 0 Å². The van der Waals surface area contributed by atoms with Crippen molar-refractivity contribution < 1.29 is 9.90 Å². The van der Waals surface area contributed by atoms with Crippen LogP contribution in [0.5, 0.6) is 0 Å². The van der Waals surface area contributed by atoms with Crippen molar-refractivity contribution in [3.63, 3.8) is 0 Å². The maximum Gasteiger partial charge on any atom is 0.223 e. The van der Waals surface area contributed by atoms with Crippen molar-refractivity contribution in [3.05, 3.63) is 12.7 Å². The highest BCUT2D eigenvalue weighted by atomic mass is 16.3. The molecule has 0 saturated heterocycles. The first-order valence-corrected chi connectivity index (χ1v) is 4.26. The minimum atomic E-state index is -0.413. The quantitative estimate of drug-likeness (QED) is 0.582. The van der Waals surface area contributed by atoms with Gasteiger partial charge < -0.3 is 10.4 Å². The van der Waals surface area contributed by atoms with E-state index in [9.17, 15) is 9.90 Å². The molecular formula is C9H17NO2. The van der Waals surface area contributed by atoms with Gasteiger partial charge in [0.1, 0.15) is 0 Å². The smallest absolute Gasteiger partial charge is 0.223 e. The van der Waals surface area contributed by atoms with Gasteiger partial charge in [0.05, 0.1) is 6.10 Å². The molecule has 0 aromatic heterocycles. The normalized spacial score (nSPS) is 12.2. The zero-order chi connectivity index (χ0) is 9.40. The van der Waals surface area contributed by atoms with Crippen molar-refractivity contribution >= 4 is 5.91 Å². The maximum absolute atomic E-state index is 10.9. The van der Waals surface area contributed by atoms with Gasteiger partial charge >= 0.3 is 0 Å². The average molecular weight is 171 g/mol. The molecule has 2 N–H and O–H groups in total. The zero-order valence-electron chi connectivity index (χ0n) is 7.55. The third kappa shape index (κ3) is 5.92. The molecule has 0 radical (unpaired) electrons. The SMILES string of the molecule is C=CCC(=O)NCC(O)CCC. The second-order valence-electron chi connectivity index (χ2n) is 2.74. The van der Waals surface area contributed by atoms with E-state index in [0.29, 0.717) is 13.0 Å². The molecule has 12 heavy (non-hydrogen) atoms. The molecule has 0 spiro atoms. The van der Waals surface area contributed by atoms with Crippen molar-refractivity contribution in [1.29, 1.82) is 0 Å². The largest absolute Gasteiger partial charge is 0.391 e. The number of carbonyl (C=O) groups excluding carboxylic acids is 1. The molecule has 0 aromatic rings. The summed E-state index contributed by atoms with van der Waals surface area (Å²) in [5, 5.41) is 11.8. The molecule has 3 heteroatoms. The van der Waals surface area contributed by atoms with Crippen LogP contribution in [0.15, 0.2) is 12.7 Å². The second-order valence-corrected chi connectivity index (χ2v) is 2.74. The first-order chi connectivity index (χ1) is 5.70. The number of carbonyl (C=O) groups is 1. The van der Waals surface area contributed by atoms with E-state index in [0.717, 1.165) is 12.8 Å². The molecule has 0 heterocycles. The molecule has 0 bridgehead atoms. The van der Waals surface area contributed by atoms with Crippen LogP contribution in [0.3, 0.4) is 0 Å². The molecule has 0 aliphatic carbocycles. The van der Waals surface area contributed by atoms with Crippen LogP contribution in [0.2, 0.25) is 0 Å². The van der Waals surface area contributed by atoms with Crippen LogP contribution in [0, 0.1) is 0 Å². The summed E-state index contributed by atoms with van der Waals surface area (Å²) >= 11 is 0. The molecule has 0 saturated carbocycles. The van der Waals surface area contributed by atoms with Gasteiger partial charge in [-0.1, -0.05) is 19.4 Å². The monoisotopic (exact) mass is 171 g/mol. The molecule has 0 fully saturated rings. The second kappa shape index (κ2) is 6.85. The van der Waals surface area contributed by atoms with Gasteiger partial charge in [0.15, 0.2) is 0 Å². The van der Waals surface area contributed by atoms with Gasteiger partial charge in [-0.3, -0.25) is 4.79 Å². The Morgan fingerprint density at radius 3 is 2.92 bits per heavy atom. The molecule has 1 unspecified atom stereocenters. The lowest BCUT2D eigenvalue weighted by atomic mass is 10.2. The summed E-state index contributed by atoms with van der Waals surface area (Å²) in [6.07, 6.45) is 3.11. The molecule has 1 atom stereocenters. The number of hydrogen-bond donors (Lipinski definition) is 2. The van der Waals surface area contributed by atoms with E-state index in [-0.39, 0.29) is 5.91 Å². The zero-order valence-corrected chi connectivity index (χ0v) is 7.55. The summed E-state index contributed by atoms with van der Waals surface area (Å²) in [6.45, 7) is 5.78. The predicted octanol–water partition coefficient (Wildman–Crippen LogP) is 0.840. The van der Waals surface area contributed by atoms with Crippen LogP contribution in [0.25, 0.3) is 0 Å². The molecule has 0 aliphatic heterocycles. The lowest BCUT2D eigenvalue weighted by Gasteiger charge is -2.09. The van der Waals surface area contributed by atoms with Crippen LogP contribution in [-0.2, 0) is 4.79 Å². The van der Waals surface area contributed by atoms with Crippen molar-refractivity contribution in [2.75, 3.05) is 6.54 Å². The molecule has 1 amide bonds. The molecular weight excluding hydrogens is 154 g/mol. The Hall–Kier alpha value is -0.830. The van der Waals surface area contributed by atoms with E-state index in [1.807, 2.05) is 6.92 Å². The van der Waals surface area contributed by atoms with Crippen LogP contribution in [0.1, 0.15) is 26.2 Å². The van der Waals surface area contributed by atoms with Gasteiger partial charge in [-0.2, -0.15) is 0 Å². The number of amides is 1. The summed E-state index contributed by atoms with van der Waals surface area (Å²) in [5.41, 5.74) is 0. The highest BCUT2D eigenvalue weighted by Gasteiger charge is 2.03. The van der Waals surface area contributed by atoms with E-state index in [1.165, 1.54) is 0 Å². The lowest BCUT2D eigenvalue weighted by molar-refractivity contribution is -0.120. The first-order valence-electron chi connectivity index (χ1n) is 4.26. The summed E-state index contributed by atoms with van der Waals surface area (Å²) in [4.78, 5) is 10.9. The maximum atomic E-state index is 10.9. The Morgan fingerprint density at radius 2 is 2.42 bits per heavy atom. The Bertz CT molecular complexity index is 145. The van der Waals surface area contributed by atoms with Crippen molar-refractivity contribution in [3.8, 4) is 0 Å². The standard InChI is InChI=1S/C9H17NO2/c1-3-5-8(11)7-10-9(12)6-4-2/h4,8,11H,2-3,5-7H2,1H3,(H,10,12). The van der Waals surface area contributed by atoms with Crippen LogP contribution < -0.4 is 5.32 Å². The topological polar surface area (TPSA) is 49.3 Å². The molecule has 3 nitrogen and oxygen atoms in total. The fraction of sp³-hybridized carbons (Fsp3) is 0.667. The van der Waals surface area contributed by atoms with Crippen molar-refractivity contribution in [2.45, 2.75) is 32.3 Å². The van der Waals surface area contributed by atoms with Gasteiger partial charge in [-0.25, -0.2) is 0 Å². The third-order valence-electron chi connectivity index (χ3n) is 1.49. The Labute approximate surface area is 73.5 Å². The minimum absolute atomic E-state index is 0.0832. The van der Waals surface area contributed by atoms with Crippen LogP contribution in [-0.4, -0.2) is 23.7 Å². The molecule has 70 valence electrons. The van der Waals surface area contributed by atoms with E-state index < -0.39 is 6.10 Å². The fourth-order valence-electron chi connectivity index (χ4n) is 0.870. The van der Waals surface area contributed by atoms with Gasteiger partial charge in [0, 0.05) is 13.0 Å². The van der Waals surface area contributed by atoms with E-state index in [1.54, 1.807) is 6.08 Å². The summed E-state index contributed by atoms with van der Waals surface area (Å²) < 4.78 is 0. The first kappa shape index (κ1) is 11.2.